The van der Waals surface area contributed by atoms with Crippen molar-refractivity contribution in [2.75, 3.05) is 6.00 Å². The SMILES string of the molecule is CC(C)C1NSN(CCl)C1=O. The van der Waals surface area contributed by atoms with E-state index in [2.05, 4.69) is 4.72 Å². The summed E-state index contributed by atoms with van der Waals surface area (Å²) < 4.78 is 4.54. The average molecular weight is 195 g/mol. The van der Waals surface area contributed by atoms with Gasteiger partial charge in [-0.25, -0.2) is 4.72 Å². The van der Waals surface area contributed by atoms with Crippen molar-refractivity contribution in [2.45, 2.75) is 19.9 Å². The molecule has 0 bridgehead atoms. The molecule has 64 valence electrons. The van der Waals surface area contributed by atoms with Crippen molar-refractivity contribution >= 4 is 29.6 Å². The predicted octanol–water partition coefficient (Wildman–Crippen LogP) is 1.20. The first-order chi connectivity index (χ1) is 5.16. The van der Waals surface area contributed by atoms with Crippen molar-refractivity contribution in [2.24, 2.45) is 5.92 Å². The average Bonchev–Trinajstić information content (AvgIpc) is 2.30. The number of nitrogens with zero attached hydrogens (tertiary/aromatic N) is 1. The molecular weight excluding hydrogens is 184 g/mol. The minimum absolute atomic E-state index is 0.0706. The Hall–Kier alpha value is 0.0700. The Morgan fingerprint density at radius 1 is 1.82 bits per heavy atom. The molecule has 0 aromatic heterocycles. The van der Waals surface area contributed by atoms with E-state index >= 15 is 0 Å². The zero-order valence-electron chi connectivity index (χ0n) is 6.50. The van der Waals surface area contributed by atoms with Crippen LogP contribution in [0.1, 0.15) is 13.8 Å². The molecule has 1 saturated heterocycles. The Balaban J connectivity index is 2.56. The van der Waals surface area contributed by atoms with E-state index in [0.717, 1.165) is 0 Å². The van der Waals surface area contributed by atoms with Gasteiger partial charge in [0, 0.05) is 12.1 Å². The lowest BCUT2D eigenvalue weighted by atomic mass is 10.1. The summed E-state index contributed by atoms with van der Waals surface area (Å²) in [5.74, 6) is 0.406. The standard InChI is InChI=1S/C6H11ClN2OS/c1-4(2)5-6(10)9(3-7)11-8-5/h4-5,8H,3H2,1-2H3. The Kier molecular flexibility index (Phi) is 3.04. The second kappa shape index (κ2) is 3.65. The van der Waals surface area contributed by atoms with Crippen LogP contribution in [-0.4, -0.2) is 22.3 Å². The summed E-state index contributed by atoms with van der Waals surface area (Å²) in [7, 11) is 0. The van der Waals surface area contributed by atoms with Gasteiger partial charge in [-0.2, -0.15) is 0 Å². The molecule has 3 nitrogen and oxygen atoms in total. The molecule has 0 saturated carbocycles. The summed E-state index contributed by atoms with van der Waals surface area (Å²) in [5.41, 5.74) is 0. The molecule has 0 spiro atoms. The number of carbonyl (C=O) groups excluding carboxylic acids is 1. The second-order valence-electron chi connectivity index (χ2n) is 2.77. The van der Waals surface area contributed by atoms with Gasteiger partial charge in [-0.1, -0.05) is 13.8 Å². The van der Waals surface area contributed by atoms with Crippen molar-refractivity contribution in [1.82, 2.24) is 9.03 Å². The lowest BCUT2D eigenvalue weighted by Crippen LogP contribution is -2.34. The van der Waals surface area contributed by atoms with Gasteiger partial charge in [0.05, 0.1) is 0 Å². The number of amides is 1. The highest BCUT2D eigenvalue weighted by Crippen LogP contribution is 2.22. The van der Waals surface area contributed by atoms with Crippen LogP contribution in [0.5, 0.6) is 0 Å². The van der Waals surface area contributed by atoms with Gasteiger partial charge in [0.1, 0.15) is 12.0 Å². The smallest absolute Gasteiger partial charge is 0.252 e. The Bertz CT molecular complexity index is 165. The lowest BCUT2D eigenvalue weighted by Gasteiger charge is -2.11. The topological polar surface area (TPSA) is 32.3 Å². The molecular formula is C6H11ClN2OS. The van der Waals surface area contributed by atoms with Crippen LogP contribution in [0, 0.1) is 5.92 Å². The minimum Gasteiger partial charge on any atom is -0.272 e. The zero-order valence-corrected chi connectivity index (χ0v) is 8.08. The molecule has 0 aliphatic carbocycles. The zero-order chi connectivity index (χ0) is 8.43. The van der Waals surface area contributed by atoms with Gasteiger partial charge in [0.2, 0.25) is 0 Å². The van der Waals surface area contributed by atoms with E-state index in [4.69, 9.17) is 11.6 Å². The Morgan fingerprint density at radius 3 is 2.73 bits per heavy atom. The van der Waals surface area contributed by atoms with Crippen LogP contribution in [0.4, 0.5) is 0 Å². The van der Waals surface area contributed by atoms with E-state index in [9.17, 15) is 4.79 Å². The van der Waals surface area contributed by atoms with Gasteiger partial charge in [0.15, 0.2) is 0 Å². The molecule has 1 unspecified atom stereocenters. The van der Waals surface area contributed by atoms with E-state index in [1.165, 1.54) is 16.4 Å². The first kappa shape index (κ1) is 9.16. The quantitative estimate of drug-likeness (QED) is 0.408. The van der Waals surface area contributed by atoms with Gasteiger partial charge < -0.3 is 0 Å². The fourth-order valence-electron chi connectivity index (χ4n) is 0.875. The van der Waals surface area contributed by atoms with Gasteiger partial charge in [-0.05, 0) is 5.92 Å². The monoisotopic (exact) mass is 194 g/mol. The third-order valence-corrected chi connectivity index (χ3v) is 2.85. The summed E-state index contributed by atoms with van der Waals surface area (Å²) in [6.07, 6.45) is 0. The third kappa shape index (κ3) is 1.80. The number of hydrogen-bond donors (Lipinski definition) is 1. The minimum atomic E-state index is -0.0706. The Morgan fingerprint density at radius 2 is 2.45 bits per heavy atom. The molecule has 0 radical (unpaired) electrons. The van der Waals surface area contributed by atoms with Crippen LogP contribution >= 0.6 is 23.7 Å². The molecule has 1 aliphatic heterocycles. The summed E-state index contributed by atoms with van der Waals surface area (Å²) in [5, 5.41) is 0. The van der Waals surface area contributed by atoms with Crippen molar-refractivity contribution in [3.8, 4) is 0 Å². The van der Waals surface area contributed by atoms with Crippen LogP contribution in [0.3, 0.4) is 0 Å². The summed E-state index contributed by atoms with van der Waals surface area (Å²) in [6.45, 7) is 4.02. The molecule has 1 fully saturated rings. The fourth-order valence-corrected chi connectivity index (χ4v) is 2.01. The second-order valence-corrected chi connectivity index (χ2v) is 3.87. The molecule has 1 heterocycles. The molecule has 1 amide bonds. The maximum atomic E-state index is 11.3. The van der Waals surface area contributed by atoms with E-state index in [1.807, 2.05) is 13.8 Å². The summed E-state index contributed by atoms with van der Waals surface area (Å²) in [4.78, 5) is 11.3. The van der Waals surface area contributed by atoms with Gasteiger partial charge in [-0.3, -0.25) is 9.10 Å². The largest absolute Gasteiger partial charge is 0.272 e. The van der Waals surface area contributed by atoms with Gasteiger partial charge in [-0.15, -0.1) is 11.6 Å². The lowest BCUT2D eigenvalue weighted by molar-refractivity contribution is -0.126. The highest BCUT2D eigenvalue weighted by atomic mass is 35.5. The van der Waals surface area contributed by atoms with Crippen molar-refractivity contribution < 1.29 is 4.79 Å². The number of rotatable bonds is 2. The van der Waals surface area contributed by atoms with E-state index in [0.29, 0.717) is 5.92 Å². The highest BCUT2D eigenvalue weighted by Gasteiger charge is 2.33. The number of alkyl halides is 1. The van der Waals surface area contributed by atoms with Gasteiger partial charge >= 0.3 is 0 Å². The van der Waals surface area contributed by atoms with Crippen LogP contribution in [0.2, 0.25) is 0 Å². The van der Waals surface area contributed by atoms with Crippen molar-refractivity contribution in [3.63, 3.8) is 0 Å². The normalized spacial score (nSPS) is 25.3. The molecule has 1 atom stereocenters. The molecule has 11 heavy (non-hydrogen) atoms. The predicted molar refractivity (Wildman–Crippen MR) is 46.9 cm³/mol. The maximum Gasteiger partial charge on any atom is 0.252 e. The van der Waals surface area contributed by atoms with Crippen LogP contribution in [0.25, 0.3) is 0 Å². The maximum absolute atomic E-state index is 11.3. The number of nitrogens with one attached hydrogen (secondary N) is 1. The van der Waals surface area contributed by atoms with E-state index in [-0.39, 0.29) is 18.0 Å². The van der Waals surface area contributed by atoms with E-state index < -0.39 is 0 Å². The number of halogens is 1. The first-order valence-corrected chi connectivity index (χ1v) is 4.77. The first-order valence-electron chi connectivity index (χ1n) is 3.46. The fraction of sp³-hybridized carbons (Fsp3) is 0.833. The third-order valence-electron chi connectivity index (χ3n) is 1.58. The summed E-state index contributed by atoms with van der Waals surface area (Å²) >= 11 is 6.81. The van der Waals surface area contributed by atoms with Crippen LogP contribution in [0.15, 0.2) is 0 Å². The van der Waals surface area contributed by atoms with Crippen LogP contribution in [-0.2, 0) is 4.79 Å². The highest BCUT2D eigenvalue weighted by molar-refractivity contribution is 7.96. The molecule has 1 aliphatic rings. The Labute approximate surface area is 75.7 Å². The van der Waals surface area contributed by atoms with Crippen molar-refractivity contribution in [1.29, 1.82) is 0 Å². The molecule has 1 N–H and O–H groups in total. The molecule has 1 rings (SSSR count). The summed E-state index contributed by atoms with van der Waals surface area (Å²) in [6, 6.07) is 0.179. The molecule has 0 aromatic rings. The van der Waals surface area contributed by atoms with Crippen LogP contribution < -0.4 is 4.72 Å². The van der Waals surface area contributed by atoms with E-state index in [1.54, 1.807) is 0 Å². The number of carbonyl (C=O) groups is 1. The number of hydrogen-bond acceptors (Lipinski definition) is 3. The molecule has 0 aromatic carbocycles. The van der Waals surface area contributed by atoms with Gasteiger partial charge in [0.25, 0.3) is 5.91 Å². The van der Waals surface area contributed by atoms with Crippen molar-refractivity contribution in [3.05, 3.63) is 0 Å². The molecule has 5 heteroatoms.